The number of nitrogens with two attached hydrogens (primary N) is 1. The molecule has 0 radical (unpaired) electrons. The van der Waals surface area contributed by atoms with Crippen molar-refractivity contribution in [3.05, 3.63) is 33.8 Å². The van der Waals surface area contributed by atoms with Gasteiger partial charge in [0.2, 0.25) is 0 Å². The Morgan fingerprint density at radius 3 is 2.15 bits per heavy atom. The van der Waals surface area contributed by atoms with Gasteiger partial charge < -0.3 is 10.8 Å². The van der Waals surface area contributed by atoms with E-state index in [1.165, 1.54) is 0 Å². The Labute approximate surface area is 87.3 Å². The van der Waals surface area contributed by atoms with Crippen LogP contribution in [0.3, 0.4) is 0 Å². The van der Waals surface area contributed by atoms with E-state index in [1.54, 1.807) is 25.1 Å². The summed E-state index contributed by atoms with van der Waals surface area (Å²) in [6.07, 6.45) is 0. The zero-order valence-corrected chi connectivity index (χ0v) is 8.73. The molecule has 1 atom stereocenters. The van der Waals surface area contributed by atoms with Crippen molar-refractivity contribution in [1.82, 2.24) is 0 Å². The third-order valence-electron chi connectivity index (χ3n) is 1.85. The molecule has 4 heteroatoms. The van der Waals surface area contributed by atoms with Crippen LogP contribution < -0.4 is 5.73 Å². The number of benzene rings is 1. The zero-order valence-electron chi connectivity index (χ0n) is 7.22. The highest BCUT2D eigenvalue weighted by Gasteiger charge is 2.20. The van der Waals surface area contributed by atoms with E-state index in [0.29, 0.717) is 10.0 Å². The van der Waals surface area contributed by atoms with Crippen molar-refractivity contribution in [1.29, 1.82) is 0 Å². The lowest BCUT2D eigenvalue weighted by molar-refractivity contribution is 0.210. The molecule has 0 aliphatic rings. The van der Waals surface area contributed by atoms with Crippen LogP contribution in [0.4, 0.5) is 0 Å². The van der Waals surface area contributed by atoms with Crippen molar-refractivity contribution < 1.29 is 5.11 Å². The van der Waals surface area contributed by atoms with Crippen LogP contribution in [0.25, 0.3) is 0 Å². The number of hydrogen-bond donors (Lipinski definition) is 2. The fourth-order valence-corrected chi connectivity index (χ4v) is 1.50. The number of aliphatic hydroxyl groups excluding tert-OH is 1. The van der Waals surface area contributed by atoms with Gasteiger partial charge in [0.1, 0.15) is 0 Å². The van der Waals surface area contributed by atoms with Crippen molar-refractivity contribution in [2.45, 2.75) is 12.5 Å². The van der Waals surface area contributed by atoms with E-state index in [9.17, 15) is 0 Å². The van der Waals surface area contributed by atoms with E-state index in [0.717, 1.165) is 5.56 Å². The van der Waals surface area contributed by atoms with Gasteiger partial charge in [0, 0.05) is 10.0 Å². The molecule has 0 fully saturated rings. The van der Waals surface area contributed by atoms with Crippen LogP contribution in [0.2, 0.25) is 10.0 Å². The van der Waals surface area contributed by atoms with Crippen LogP contribution in [0.15, 0.2) is 18.2 Å². The SMILES string of the molecule is C[C@@](N)(CO)c1cc(Cl)cc(Cl)c1. The minimum Gasteiger partial charge on any atom is -0.394 e. The van der Waals surface area contributed by atoms with Crippen molar-refractivity contribution in [2.75, 3.05) is 6.61 Å². The van der Waals surface area contributed by atoms with E-state index in [2.05, 4.69) is 0 Å². The fourth-order valence-electron chi connectivity index (χ4n) is 0.975. The second-order valence-electron chi connectivity index (χ2n) is 3.23. The maximum atomic E-state index is 9.02. The first kappa shape index (κ1) is 10.8. The van der Waals surface area contributed by atoms with Gasteiger partial charge in [0.15, 0.2) is 0 Å². The zero-order chi connectivity index (χ0) is 10.1. The second-order valence-corrected chi connectivity index (χ2v) is 4.11. The molecule has 0 aromatic heterocycles. The summed E-state index contributed by atoms with van der Waals surface area (Å²) >= 11 is 11.6. The first-order chi connectivity index (χ1) is 5.95. The van der Waals surface area contributed by atoms with Crippen molar-refractivity contribution >= 4 is 23.2 Å². The van der Waals surface area contributed by atoms with Crippen LogP contribution in [0.5, 0.6) is 0 Å². The van der Waals surface area contributed by atoms with Crippen LogP contribution in [0.1, 0.15) is 12.5 Å². The highest BCUT2D eigenvalue weighted by atomic mass is 35.5. The quantitative estimate of drug-likeness (QED) is 0.802. The lowest BCUT2D eigenvalue weighted by Crippen LogP contribution is -2.36. The monoisotopic (exact) mass is 219 g/mol. The maximum Gasteiger partial charge on any atom is 0.0650 e. The standard InChI is InChI=1S/C9H11Cl2NO/c1-9(12,5-13)6-2-7(10)4-8(11)3-6/h2-4,13H,5,12H2,1H3/t9-/m1/s1. The van der Waals surface area contributed by atoms with Gasteiger partial charge in [0.05, 0.1) is 12.1 Å². The van der Waals surface area contributed by atoms with Gasteiger partial charge >= 0.3 is 0 Å². The van der Waals surface area contributed by atoms with Crippen LogP contribution >= 0.6 is 23.2 Å². The summed E-state index contributed by atoms with van der Waals surface area (Å²) in [6, 6.07) is 5.02. The van der Waals surface area contributed by atoms with E-state index in [1.807, 2.05) is 0 Å². The first-order valence-electron chi connectivity index (χ1n) is 3.82. The van der Waals surface area contributed by atoms with Crippen molar-refractivity contribution in [3.63, 3.8) is 0 Å². The van der Waals surface area contributed by atoms with Crippen LogP contribution in [0, 0.1) is 0 Å². The fraction of sp³-hybridized carbons (Fsp3) is 0.333. The average Bonchev–Trinajstić information content (AvgIpc) is 2.02. The molecule has 0 amide bonds. The van der Waals surface area contributed by atoms with E-state index in [4.69, 9.17) is 34.0 Å². The van der Waals surface area contributed by atoms with E-state index >= 15 is 0 Å². The summed E-state index contributed by atoms with van der Waals surface area (Å²) in [5.74, 6) is 0. The summed E-state index contributed by atoms with van der Waals surface area (Å²) < 4.78 is 0. The Balaban J connectivity index is 3.15. The Hall–Kier alpha value is -0.280. The molecule has 1 aromatic carbocycles. The van der Waals surface area contributed by atoms with Gasteiger partial charge in [-0.1, -0.05) is 23.2 Å². The average molecular weight is 220 g/mol. The summed E-state index contributed by atoms with van der Waals surface area (Å²) in [5, 5.41) is 10.1. The Morgan fingerprint density at radius 1 is 1.31 bits per heavy atom. The minimum atomic E-state index is -0.797. The third-order valence-corrected chi connectivity index (χ3v) is 2.29. The molecule has 72 valence electrons. The molecule has 1 aromatic rings. The summed E-state index contributed by atoms with van der Waals surface area (Å²) in [4.78, 5) is 0. The van der Waals surface area contributed by atoms with Gasteiger partial charge in [-0.15, -0.1) is 0 Å². The van der Waals surface area contributed by atoms with Gasteiger partial charge in [-0.25, -0.2) is 0 Å². The normalized spacial score (nSPS) is 15.5. The molecule has 0 spiro atoms. The van der Waals surface area contributed by atoms with E-state index in [-0.39, 0.29) is 6.61 Å². The number of aliphatic hydroxyl groups is 1. The Kier molecular flexibility index (Phi) is 3.19. The number of halogens is 2. The summed E-state index contributed by atoms with van der Waals surface area (Å²) in [5.41, 5.74) is 5.74. The minimum absolute atomic E-state index is 0.149. The highest BCUT2D eigenvalue weighted by molar-refractivity contribution is 6.34. The number of rotatable bonds is 2. The molecular weight excluding hydrogens is 209 g/mol. The van der Waals surface area contributed by atoms with Gasteiger partial charge in [-0.3, -0.25) is 0 Å². The molecule has 1 rings (SSSR count). The molecule has 2 nitrogen and oxygen atoms in total. The first-order valence-corrected chi connectivity index (χ1v) is 4.57. The molecule has 0 aliphatic heterocycles. The van der Waals surface area contributed by atoms with Crippen LogP contribution in [-0.4, -0.2) is 11.7 Å². The third kappa shape index (κ3) is 2.58. The van der Waals surface area contributed by atoms with Crippen molar-refractivity contribution in [3.8, 4) is 0 Å². The summed E-state index contributed by atoms with van der Waals surface area (Å²) in [7, 11) is 0. The van der Waals surface area contributed by atoms with E-state index < -0.39 is 5.54 Å². The Morgan fingerprint density at radius 2 is 1.77 bits per heavy atom. The largest absolute Gasteiger partial charge is 0.394 e. The van der Waals surface area contributed by atoms with Gasteiger partial charge in [-0.2, -0.15) is 0 Å². The predicted octanol–water partition coefficient (Wildman–Crippen LogP) is 2.16. The van der Waals surface area contributed by atoms with Gasteiger partial charge in [0.25, 0.3) is 0 Å². The topological polar surface area (TPSA) is 46.2 Å². The molecule has 0 saturated carbocycles. The molecule has 13 heavy (non-hydrogen) atoms. The lowest BCUT2D eigenvalue weighted by atomic mass is 9.94. The molecule has 0 saturated heterocycles. The molecule has 3 N–H and O–H groups in total. The molecule has 0 heterocycles. The summed E-state index contributed by atoms with van der Waals surface area (Å²) in [6.45, 7) is 1.57. The Bertz CT molecular complexity index is 292. The van der Waals surface area contributed by atoms with Crippen LogP contribution in [-0.2, 0) is 5.54 Å². The second kappa shape index (κ2) is 3.84. The smallest absolute Gasteiger partial charge is 0.0650 e. The number of hydrogen-bond acceptors (Lipinski definition) is 2. The van der Waals surface area contributed by atoms with Gasteiger partial charge in [-0.05, 0) is 30.7 Å². The predicted molar refractivity (Wildman–Crippen MR) is 55.1 cm³/mol. The lowest BCUT2D eigenvalue weighted by Gasteiger charge is -2.22. The maximum absolute atomic E-state index is 9.02. The molecule has 0 bridgehead atoms. The molecule has 0 unspecified atom stereocenters. The highest BCUT2D eigenvalue weighted by Crippen LogP contribution is 2.25. The molecular formula is C9H11Cl2NO. The van der Waals surface area contributed by atoms with Crippen molar-refractivity contribution in [2.24, 2.45) is 5.73 Å². The molecule has 0 aliphatic carbocycles.